The van der Waals surface area contributed by atoms with Crippen LogP contribution in [0.5, 0.6) is 5.75 Å². The minimum atomic E-state index is -0.397. The van der Waals surface area contributed by atoms with Gasteiger partial charge in [0.1, 0.15) is 5.75 Å². The molecule has 1 aromatic heterocycles. The zero-order chi connectivity index (χ0) is 20.2. The Hall–Kier alpha value is -3.19. The van der Waals surface area contributed by atoms with Gasteiger partial charge in [-0.05, 0) is 36.2 Å². The Labute approximate surface area is 173 Å². The fourth-order valence-electron chi connectivity index (χ4n) is 3.73. The number of rotatable bonds is 5. The van der Waals surface area contributed by atoms with Crippen molar-refractivity contribution >= 4 is 34.0 Å². The SMILES string of the molecule is COc1ccc(N2C(=O)CC[C@@H](C(=O)Nc3nccs3)[C@@H]2c2ccccc2)cc1. The number of nitrogens with zero attached hydrogens (tertiary/aromatic N) is 2. The van der Waals surface area contributed by atoms with Gasteiger partial charge in [0.15, 0.2) is 5.13 Å². The second-order valence-corrected chi connectivity index (χ2v) is 7.68. The zero-order valence-corrected chi connectivity index (χ0v) is 16.8. The summed E-state index contributed by atoms with van der Waals surface area (Å²) >= 11 is 1.38. The maximum atomic E-state index is 13.1. The van der Waals surface area contributed by atoms with Gasteiger partial charge in [0.2, 0.25) is 11.8 Å². The van der Waals surface area contributed by atoms with E-state index in [2.05, 4.69) is 10.3 Å². The van der Waals surface area contributed by atoms with E-state index in [0.29, 0.717) is 23.7 Å². The third-order valence-corrected chi connectivity index (χ3v) is 5.78. The Bertz CT molecular complexity index is 974. The minimum absolute atomic E-state index is 0.00215. The molecule has 2 amide bonds. The van der Waals surface area contributed by atoms with Crippen molar-refractivity contribution in [2.24, 2.45) is 5.92 Å². The minimum Gasteiger partial charge on any atom is -0.497 e. The second-order valence-electron chi connectivity index (χ2n) is 6.79. The number of carbonyl (C=O) groups excluding carboxylic acids is 2. The van der Waals surface area contributed by atoms with Crippen LogP contribution in [-0.4, -0.2) is 23.9 Å². The molecule has 2 atom stereocenters. The van der Waals surface area contributed by atoms with Gasteiger partial charge in [-0.2, -0.15) is 0 Å². The van der Waals surface area contributed by atoms with Crippen molar-refractivity contribution in [1.82, 2.24) is 4.98 Å². The van der Waals surface area contributed by atoms with Crippen LogP contribution in [0.3, 0.4) is 0 Å². The average molecular weight is 407 g/mol. The van der Waals surface area contributed by atoms with E-state index in [1.54, 1.807) is 18.2 Å². The van der Waals surface area contributed by atoms with Gasteiger partial charge >= 0.3 is 0 Å². The van der Waals surface area contributed by atoms with Crippen molar-refractivity contribution < 1.29 is 14.3 Å². The number of carbonyl (C=O) groups is 2. The number of hydrogen-bond acceptors (Lipinski definition) is 5. The number of ether oxygens (including phenoxy) is 1. The number of aromatic nitrogens is 1. The van der Waals surface area contributed by atoms with E-state index in [1.165, 1.54) is 11.3 Å². The summed E-state index contributed by atoms with van der Waals surface area (Å²) in [5.74, 6) is 0.204. The van der Waals surface area contributed by atoms with Gasteiger partial charge in [0, 0.05) is 23.7 Å². The lowest BCUT2D eigenvalue weighted by Gasteiger charge is -2.40. The van der Waals surface area contributed by atoms with Gasteiger partial charge in [0.05, 0.1) is 19.1 Å². The van der Waals surface area contributed by atoms with Crippen molar-refractivity contribution in [2.75, 3.05) is 17.3 Å². The van der Waals surface area contributed by atoms with E-state index in [-0.39, 0.29) is 17.7 Å². The van der Waals surface area contributed by atoms with E-state index in [0.717, 1.165) is 11.3 Å². The van der Waals surface area contributed by atoms with Crippen LogP contribution in [0.15, 0.2) is 66.2 Å². The monoisotopic (exact) mass is 407 g/mol. The molecule has 0 radical (unpaired) electrons. The number of hydrogen-bond donors (Lipinski definition) is 1. The molecule has 148 valence electrons. The van der Waals surface area contributed by atoms with E-state index < -0.39 is 6.04 Å². The molecule has 2 heterocycles. The number of piperidine rings is 1. The highest BCUT2D eigenvalue weighted by atomic mass is 32.1. The molecule has 0 unspecified atom stereocenters. The number of amides is 2. The smallest absolute Gasteiger partial charge is 0.231 e. The van der Waals surface area contributed by atoms with Gasteiger partial charge in [0.25, 0.3) is 0 Å². The van der Waals surface area contributed by atoms with E-state index in [1.807, 2.05) is 60.0 Å². The molecule has 1 saturated heterocycles. The highest BCUT2D eigenvalue weighted by Gasteiger charge is 2.41. The molecule has 0 saturated carbocycles. The fourth-order valence-corrected chi connectivity index (χ4v) is 4.26. The van der Waals surface area contributed by atoms with Crippen LogP contribution in [0.2, 0.25) is 0 Å². The van der Waals surface area contributed by atoms with Crippen molar-refractivity contribution in [2.45, 2.75) is 18.9 Å². The summed E-state index contributed by atoms with van der Waals surface area (Å²) in [6, 6.07) is 16.7. The van der Waals surface area contributed by atoms with Gasteiger partial charge in [-0.1, -0.05) is 30.3 Å². The highest BCUT2D eigenvalue weighted by molar-refractivity contribution is 7.13. The molecule has 1 N–H and O–H groups in total. The molecule has 1 aliphatic rings. The van der Waals surface area contributed by atoms with Crippen molar-refractivity contribution in [1.29, 1.82) is 0 Å². The standard InChI is InChI=1S/C22H21N3O3S/c1-28-17-9-7-16(8-10-17)25-19(26)12-11-18(20(25)15-5-3-2-4-6-15)21(27)24-22-23-13-14-29-22/h2-10,13-14,18,20H,11-12H2,1H3,(H,23,24,27)/t18-,20+/m1/s1. The molecule has 3 aromatic rings. The van der Waals surface area contributed by atoms with E-state index in [4.69, 9.17) is 4.74 Å². The first-order chi connectivity index (χ1) is 14.2. The molecule has 1 fully saturated rings. The first-order valence-electron chi connectivity index (χ1n) is 9.39. The predicted octanol–water partition coefficient (Wildman–Crippen LogP) is 4.27. The Morgan fingerprint density at radius 2 is 1.93 bits per heavy atom. The molecule has 6 nitrogen and oxygen atoms in total. The second kappa shape index (κ2) is 8.45. The predicted molar refractivity (Wildman–Crippen MR) is 113 cm³/mol. The highest BCUT2D eigenvalue weighted by Crippen LogP contribution is 2.40. The molecule has 0 spiro atoms. The summed E-state index contributed by atoms with van der Waals surface area (Å²) in [6.07, 6.45) is 2.45. The van der Waals surface area contributed by atoms with Crippen LogP contribution >= 0.6 is 11.3 Å². The number of anilines is 2. The molecular weight excluding hydrogens is 386 g/mol. The summed E-state index contributed by atoms with van der Waals surface area (Å²) in [5.41, 5.74) is 1.67. The van der Waals surface area contributed by atoms with Crippen LogP contribution < -0.4 is 15.0 Å². The van der Waals surface area contributed by atoms with E-state index >= 15 is 0 Å². The molecule has 29 heavy (non-hydrogen) atoms. The van der Waals surface area contributed by atoms with Crippen LogP contribution in [0, 0.1) is 5.92 Å². The lowest BCUT2D eigenvalue weighted by Crippen LogP contribution is -2.46. The van der Waals surface area contributed by atoms with Crippen LogP contribution in [0.4, 0.5) is 10.8 Å². The third-order valence-electron chi connectivity index (χ3n) is 5.09. The zero-order valence-electron chi connectivity index (χ0n) is 15.9. The van der Waals surface area contributed by atoms with Gasteiger partial charge in [-0.3, -0.25) is 9.59 Å². The summed E-state index contributed by atoms with van der Waals surface area (Å²) < 4.78 is 5.24. The lowest BCUT2D eigenvalue weighted by atomic mass is 9.83. The summed E-state index contributed by atoms with van der Waals surface area (Å²) in [7, 11) is 1.60. The molecule has 4 rings (SSSR count). The quantitative estimate of drug-likeness (QED) is 0.685. The first-order valence-corrected chi connectivity index (χ1v) is 10.3. The van der Waals surface area contributed by atoms with Gasteiger partial charge in [-0.15, -0.1) is 11.3 Å². The molecular formula is C22H21N3O3S. The topological polar surface area (TPSA) is 71.5 Å². The summed E-state index contributed by atoms with van der Waals surface area (Å²) in [5, 5.41) is 5.29. The maximum Gasteiger partial charge on any atom is 0.231 e. The number of nitrogens with one attached hydrogen (secondary N) is 1. The van der Waals surface area contributed by atoms with Crippen LogP contribution in [-0.2, 0) is 9.59 Å². The Balaban J connectivity index is 1.72. The molecule has 1 aliphatic heterocycles. The average Bonchev–Trinajstić information content (AvgIpc) is 3.27. The van der Waals surface area contributed by atoms with E-state index in [9.17, 15) is 9.59 Å². The summed E-state index contributed by atoms with van der Waals surface area (Å²) in [4.78, 5) is 32.0. The normalized spacial score (nSPS) is 19.1. The van der Waals surface area contributed by atoms with Crippen LogP contribution in [0.1, 0.15) is 24.4 Å². The molecule has 2 aromatic carbocycles. The number of thiazole rings is 1. The molecule has 7 heteroatoms. The largest absolute Gasteiger partial charge is 0.497 e. The Morgan fingerprint density at radius 3 is 2.59 bits per heavy atom. The van der Waals surface area contributed by atoms with Crippen LogP contribution in [0.25, 0.3) is 0 Å². The molecule has 0 bridgehead atoms. The van der Waals surface area contributed by atoms with Crippen molar-refractivity contribution in [3.05, 3.63) is 71.7 Å². The first kappa shape index (κ1) is 19.1. The molecule has 0 aliphatic carbocycles. The van der Waals surface area contributed by atoms with Crippen molar-refractivity contribution in [3.8, 4) is 5.75 Å². The summed E-state index contributed by atoms with van der Waals surface area (Å²) in [6.45, 7) is 0. The van der Waals surface area contributed by atoms with Gasteiger partial charge in [-0.25, -0.2) is 4.98 Å². The third kappa shape index (κ3) is 4.00. The number of benzene rings is 2. The number of methoxy groups -OCH3 is 1. The maximum absolute atomic E-state index is 13.1. The lowest BCUT2D eigenvalue weighted by molar-refractivity contribution is -0.125. The Kier molecular flexibility index (Phi) is 5.57. The van der Waals surface area contributed by atoms with Crippen molar-refractivity contribution in [3.63, 3.8) is 0 Å². The Morgan fingerprint density at radius 1 is 1.17 bits per heavy atom. The van der Waals surface area contributed by atoms with Gasteiger partial charge < -0.3 is 15.0 Å². The fraction of sp³-hybridized carbons (Fsp3) is 0.227.